The largest absolute Gasteiger partial charge is 0.456 e. The molecule has 0 aliphatic carbocycles. The van der Waals surface area contributed by atoms with E-state index in [-0.39, 0.29) is 0 Å². The quantitative estimate of drug-likeness (QED) is 0.204. The molecule has 2 heterocycles. The zero-order chi connectivity index (χ0) is 26.2. The fourth-order valence-electron chi connectivity index (χ4n) is 6.54. The van der Waals surface area contributed by atoms with Crippen LogP contribution in [0.3, 0.4) is 0 Å². The standard InChI is InChI=1S/C38H22OS/c1-2-8-25-21-26(14-13-23(25)7-1)35-28-9-3-5-11-30(28)36(31-12-6-4-10-29(31)35)27-16-17-33-32(22-27)37-34(39-33)18-15-24-19-20-40-38(24)37/h1-22H. The van der Waals surface area contributed by atoms with Crippen LogP contribution in [0, 0.1) is 0 Å². The highest BCUT2D eigenvalue weighted by Gasteiger charge is 2.18. The minimum Gasteiger partial charge on any atom is -0.456 e. The van der Waals surface area contributed by atoms with Gasteiger partial charge in [0, 0.05) is 15.5 Å². The minimum atomic E-state index is 0.932. The molecule has 0 N–H and O–H groups in total. The van der Waals surface area contributed by atoms with E-state index in [9.17, 15) is 0 Å². The summed E-state index contributed by atoms with van der Waals surface area (Å²) in [6, 6.07) is 46.3. The molecule has 0 atom stereocenters. The van der Waals surface area contributed by atoms with Crippen molar-refractivity contribution in [2.24, 2.45) is 0 Å². The van der Waals surface area contributed by atoms with Crippen LogP contribution in [0.2, 0.25) is 0 Å². The second kappa shape index (κ2) is 8.29. The molecule has 0 spiro atoms. The monoisotopic (exact) mass is 526 g/mol. The van der Waals surface area contributed by atoms with E-state index in [0.29, 0.717) is 0 Å². The molecule has 1 nitrogen and oxygen atoms in total. The molecular formula is C38H22OS. The summed E-state index contributed by atoms with van der Waals surface area (Å²) >= 11 is 1.78. The molecule has 0 radical (unpaired) electrons. The van der Waals surface area contributed by atoms with Crippen molar-refractivity contribution in [1.82, 2.24) is 0 Å². The summed E-state index contributed by atoms with van der Waals surface area (Å²) in [5.74, 6) is 0. The maximum Gasteiger partial charge on any atom is 0.136 e. The van der Waals surface area contributed by atoms with E-state index in [1.54, 1.807) is 11.3 Å². The van der Waals surface area contributed by atoms with Crippen molar-refractivity contribution in [3.63, 3.8) is 0 Å². The summed E-state index contributed by atoms with van der Waals surface area (Å²) in [5.41, 5.74) is 6.89. The fourth-order valence-corrected chi connectivity index (χ4v) is 7.49. The third kappa shape index (κ3) is 3.08. The molecule has 40 heavy (non-hydrogen) atoms. The van der Waals surface area contributed by atoms with Gasteiger partial charge in [-0.3, -0.25) is 0 Å². The van der Waals surface area contributed by atoms with Gasteiger partial charge in [-0.2, -0.15) is 0 Å². The highest BCUT2D eigenvalue weighted by Crippen LogP contribution is 2.45. The van der Waals surface area contributed by atoms with Crippen LogP contribution in [0.5, 0.6) is 0 Å². The van der Waals surface area contributed by atoms with E-state index in [1.807, 2.05) is 0 Å². The lowest BCUT2D eigenvalue weighted by atomic mass is 9.85. The number of thiophene rings is 1. The number of benzene rings is 7. The van der Waals surface area contributed by atoms with E-state index >= 15 is 0 Å². The normalized spacial score (nSPS) is 12.0. The number of fused-ring (bicyclic) bond motifs is 8. The zero-order valence-corrected chi connectivity index (χ0v) is 22.3. The second-order valence-electron chi connectivity index (χ2n) is 10.5. The van der Waals surface area contributed by atoms with Gasteiger partial charge >= 0.3 is 0 Å². The van der Waals surface area contributed by atoms with Crippen molar-refractivity contribution in [2.75, 3.05) is 0 Å². The van der Waals surface area contributed by atoms with Gasteiger partial charge in [0.05, 0.1) is 0 Å². The van der Waals surface area contributed by atoms with Crippen molar-refractivity contribution in [3.8, 4) is 22.3 Å². The number of furan rings is 1. The molecule has 9 rings (SSSR count). The van der Waals surface area contributed by atoms with Gasteiger partial charge in [-0.05, 0) is 102 Å². The highest BCUT2D eigenvalue weighted by molar-refractivity contribution is 7.18. The molecule has 0 saturated heterocycles. The fraction of sp³-hybridized carbons (Fsp3) is 0. The van der Waals surface area contributed by atoms with Crippen molar-refractivity contribution in [2.45, 2.75) is 0 Å². The van der Waals surface area contributed by atoms with E-state index in [2.05, 4.69) is 133 Å². The Kier molecular flexibility index (Phi) is 4.55. The molecule has 7 aromatic carbocycles. The van der Waals surface area contributed by atoms with Gasteiger partial charge in [0.1, 0.15) is 11.2 Å². The average molecular weight is 527 g/mol. The van der Waals surface area contributed by atoms with Crippen molar-refractivity contribution in [1.29, 1.82) is 0 Å². The Labute approximate surface area is 234 Å². The molecule has 0 amide bonds. The molecule has 2 heteroatoms. The van der Waals surface area contributed by atoms with Gasteiger partial charge < -0.3 is 4.42 Å². The Morgan fingerprint density at radius 2 is 1.00 bits per heavy atom. The first-order valence-corrected chi connectivity index (χ1v) is 14.5. The summed E-state index contributed by atoms with van der Waals surface area (Å²) in [7, 11) is 0. The number of rotatable bonds is 2. The van der Waals surface area contributed by atoms with Crippen LogP contribution in [0.4, 0.5) is 0 Å². The first-order valence-electron chi connectivity index (χ1n) is 13.6. The van der Waals surface area contributed by atoms with Gasteiger partial charge in [0.2, 0.25) is 0 Å². The number of hydrogen-bond acceptors (Lipinski definition) is 2. The summed E-state index contributed by atoms with van der Waals surface area (Å²) in [4.78, 5) is 0. The first kappa shape index (κ1) is 22.0. The lowest BCUT2D eigenvalue weighted by molar-refractivity contribution is 0.669. The summed E-state index contributed by atoms with van der Waals surface area (Å²) < 4.78 is 7.60. The van der Waals surface area contributed by atoms with Crippen LogP contribution >= 0.6 is 11.3 Å². The lowest BCUT2D eigenvalue weighted by Crippen LogP contribution is -1.91. The molecule has 0 unspecified atom stereocenters. The van der Waals surface area contributed by atoms with Crippen LogP contribution < -0.4 is 0 Å². The van der Waals surface area contributed by atoms with Crippen LogP contribution in [-0.4, -0.2) is 0 Å². The smallest absolute Gasteiger partial charge is 0.136 e. The van der Waals surface area contributed by atoms with Gasteiger partial charge in [-0.1, -0.05) is 91.0 Å². The van der Waals surface area contributed by atoms with Crippen molar-refractivity contribution >= 4 is 75.7 Å². The van der Waals surface area contributed by atoms with Gasteiger partial charge in [-0.25, -0.2) is 0 Å². The summed E-state index contributed by atoms with van der Waals surface area (Å²) in [6.45, 7) is 0. The van der Waals surface area contributed by atoms with Crippen LogP contribution in [0.25, 0.3) is 86.6 Å². The van der Waals surface area contributed by atoms with Crippen molar-refractivity contribution < 1.29 is 4.42 Å². The predicted molar refractivity (Wildman–Crippen MR) is 172 cm³/mol. The topological polar surface area (TPSA) is 13.1 Å². The Morgan fingerprint density at radius 1 is 0.425 bits per heavy atom. The van der Waals surface area contributed by atoms with Gasteiger partial charge in [-0.15, -0.1) is 11.3 Å². The summed E-state index contributed by atoms with van der Waals surface area (Å²) in [6.07, 6.45) is 0. The summed E-state index contributed by atoms with van der Waals surface area (Å²) in [5, 5.41) is 13.4. The van der Waals surface area contributed by atoms with E-state index < -0.39 is 0 Å². The highest BCUT2D eigenvalue weighted by atomic mass is 32.1. The molecule has 9 aromatic rings. The lowest BCUT2D eigenvalue weighted by Gasteiger charge is -2.18. The third-order valence-corrected chi connectivity index (χ3v) is 9.26. The Hall–Kier alpha value is -4.92. The average Bonchev–Trinajstić information content (AvgIpc) is 3.63. The molecule has 0 fully saturated rings. The maximum absolute atomic E-state index is 6.31. The van der Waals surface area contributed by atoms with Crippen LogP contribution in [0.1, 0.15) is 0 Å². The minimum absolute atomic E-state index is 0.932. The molecule has 0 bridgehead atoms. The number of hydrogen-bond donors (Lipinski definition) is 0. The molecule has 0 aliphatic heterocycles. The first-order chi connectivity index (χ1) is 19.8. The Morgan fingerprint density at radius 3 is 1.73 bits per heavy atom. The van der Waals surface area contributed by atoms with E-state index in [1.165, 1.54) is 75.4 Å². The van der Waals surface area contributed by atoms with Crippen LogP contribution in [0.15, 0.2) is 137 Å². The van der Waals surface area contributed by atoms with Gasteiger partial charge in [0.25, 0.3) is 0 Å². The molecule has 0 aliphatic rings. The van der Waals surface area contributed by atoms with Crippen LogP contribution in [-0.2, 0) is 0 Å². The van der Waals surface area contributed by atoms with E-state index in [0.717, 1.165) is 11.2 Å². The predicted octanol–water partition coefficient (Wildman–Crippen LogP) is 11.6. The second-order valence-corrected chi connectivity index (χ2v) is 11.4. The molecule has 186 valence electrons. The van der Waals surface area contributed by atoms with E-state index in [4.69, 9.17) is 4.42 Å². The molecule has 0 saturated carbocycles. The maximum atomic E-state index is 6.31. The third-order valence-electron chi connectivity index (χ3n) is 8.31. The Bertz CT molecular complexity index is 2380. The molecule has 2 aromatic heterocycles. The Balaban J connectivity index is 1.39. The molecular weight excluding hydrogens is 504 g/mol. The van der Waals surface area contributed by atoms with Gasteiger partial charge in [0.15, 0.2) is 0 Å². The zero-order valence-electron chi connectivity index (χ0n) is 21.5. The van der Waals surface area contributed by atoms with Crippen molar-refractivity contribution in [3.05, 3.63) is 133 Å². The SMILES string of the molecule is c1ccc2cc(-c3c4ccccc4c(-c4ccc5oc6ccc7ccsc7c6c5c4)c4ccccc34)ccc2c1.